The third-order valence-corrected chi connectivity index (χ3v) is 2.28. The Morgan fingerprint density at radius 3 is 2.85 bits per heavy atom. The van der Waals surface area contributed by atoms with Gasteiger partial charge in [-0.15, -0.1) is 0 Å². The van der Waals surface area contributed by atoms with Crippen molar-refractivity contribution < 1.29 is 5.11 Å². The van der Waals surface area contributed by atoms with E-state index in [9.17, 15) is 5.11 Å². The minimum absolute atomic E-state index is 0.216. The minimum Gasteiger partial charge on any atom is -0.505 e. The quantitative estimate of drug-likeness (QED) is 0.626. The molecule has 1 aliphatic rings. The van der Waals surface area contributed by atoms with Crippen LogP contribution in [0.15, 0.2) is 30.0 Å². The lowest BCUT2D eigenvalue weighted by atomic mass is 10.1. The Morgan fingerprint density at radius 2 is 2.08 bits per heavy atom. The average molecular weight is 176 g/mol. The third-order valence-electron chi connectivity index (χ3n) is 2.28. The summed E-state index contributed by atoms with van der Waals surface area (Å²) in [5, 5.41) is 9.68. The SMILES string of the molecule is CN1CC(N)=C(O)c2ccccc21. The van der Waals surface area contributed by atoms with Gasteiger partial charge in [-0.1, -0.05) is 12.1 Å². The van der Waals surface area contributed by atoms with Crippen molar-refractivity contribution in [3.05, 3.63) is 35.5 Å². The Bertz CT molecular complexity index is 371. The van der Waals surface area contributed by atoms with Gasteiger partial charge in [0.1, 0.15) is 5.76 Å². The summed E-state index contributed by atoms with van der Waals surface area (Å²) >= 11 is 0. The summed E-state index contributed by atoms with van der Waals surface area (Å²) in [6.07, 6.45) is 0. The topological polar surface area (TPSA) is 49.5 Å². The molecule has 0 aromatic heterocycles. The van der Waals surface area contributed by atoms with Crippen molar-refractivity contribution in [1.82, 2.24) is 0 Å². The van der Waals surface area contributed by atoms with Crippen molar-refractivity contribution in [1.29, 1.82) is 0 Å². The van der Waals surface area contributed by atoms with Crippen LogP contribution in [0.2, 0.25) is 0 Å². The molecule has 0 bridgehead atoms. The molecule has 0 radical (unpaired) electrons. The Hall–Kier alpha value is -1.64. The predicted molar refractivity (Wildman–Crippen MR) is 53.4 cm³/mol. The Labute approximate surface area is 77.1 Å². The number of likely N-dealkylation sites (N-methyl/N-ethyl adjacent to an activating group) is 1. The highest BCUT2D eigenvalue weighted by atomic mass is 16.3. The first kappa shape index (κ1) is 7.98. The lowest BCUT2D eigenvalue weighted by Gasteiger charge is -2.27. The van der Waals surface area contributed by atoms with Gasteiger partial charge in [-0.3, -0.25) is 0 Å². The van der Waals surface area contributed by atoms with E-state index in [1.165, 1.54) is 0 Å². The molecular formula is C10H12N2O. The molecule has 1 aliphatic heterocycles. The fourth-order valence-electron chi connectivity index (χ4n) is 1.60. The van der Waals surface area contributed by atoms with Gasteiger partial charge in [0.2, 0.25) is 0 Å². The van der Waals surface area contributed by atoms with Gasteiger partial charge in [-0.25, -0.2) is 0 Å². The molecule has 0 fully saturated rings. The van der Waals surface area contributed by atoms with Gasteiger partial charge >= 0.3 is 0 Å². The third kappa shape index (κ3) is 1.13. The molecule has 1 aromatic carbocycles. The minimum atomic E-state index is 0.216. The highest BCUT2D eigenvalue weighted by Gasteiger charge is 2.18. The average Bonchev–Trinajstić information content (AvgIpc) is 2.15. The maximum atomic E-state index is 9.68. The van der Waals surface area contributed by atoms with Crippen LogP contribution in [-0.2, 0) is 0 Å². The van der Waals surface area contributed by atoms with Gasteiger partial charge in [0.25, 0.3) is 0 Å². The number of anilines is 1. The van der Waals surface area contributed by atoms with E-state index in [1.807, 2.05) is 36.2 Å². The number of aliphatic hydroxyl groups is 1. The van der Waals surface area contributed by atoms with Gasteiger partial charge in [-0.2, -0.15) is 0 Å². The predicted octanol–water partition coefficient (Wildman–Crippen LogP) is 1.32. The van der Waals surface area contributed by atoms with Crippen LogP contribution in [0.5, 0.6) is 0 Å². The number of aliphatic hydroxyl groups excluding tert-OH is 1. The molecule has 3 nitrogen and oxygen atoms in total. The summed E-state index contributed by atoms with van der Waals surface area (Å²) in [5.41, 5.74) is 8.04. The highest BCUT2D eigenvalue weighted by molar-refractivity contribution is 5.77. The van der Waals surface area contributed by atoms with Crippen molar-refractivity contribution in [2.75, 3.05) is 18.5 Å². The first-order valence-corrected chi connectivity index (χ1v) is 4.18. The maximum Gasteiger partial charge on any atom is 0.145 e. The molecule has 13 heavy (non-hydrogen) atoms. The number of nitrogens with zero attached hydrogens (tertiary/aromatic N) is 1. The lowest BCUT2D eigenvalue weighted by molar-refractivity contribution is 0.501. The number of para-hydroxylation sites is 1. The van der Waals surface area contributed by atoms with Crippen molar-refractivity contribution in [2.24, 2.45) is 5.73 Å². The largest absolute Gasteiger partial charge is 0.505 e. The van der Waals surface area contributed by atoms with Crippen LogP contribution in [0, 0.1) is 0 Å². The van der Waals surface area contributed by atoms with E-state index in [0.29, 0.717) is 12.2 Å². The normalized spacial score (nSPS) is 15.9. The van der Waals surface area contributed by atoms with E-state index in [-0.39, 0.29) is 5.76 Å². The molecule has 68 valence electrons. The second-order valence-electron chi connectivity index (χ2n) is 3.25. The monoisotopic (exact) mass is 176 g/mol. The molecule has 0 atom stereocenters. The second kappa shape index (κ2) is 2.69. The fraction of sp³-hybridized carbons (Fsp3) is 0.200. The van der Waals surface area contributed by atoms with Crippen LogP contribution in [0.1, 0.15) is 5.56 Å². The lowest BCUT2D eigenvalue weighted by Crippen LogP contribution is -2.29. The molecule has 0 aliphatic carbocycles. The summed E-state index contributed by atoms with van der Waals surface area (Å²) in [7, 11) is 1.96. The van der Waals surface area contributed by atoms with E-state index < -0.39 is 0 Å². The second-order valence-corrected chi connectivity index (χ2v) is 3.25. The number of nitrogens with two attached hydrogens (primary N) is 1. The number of rotatable bonds is 0. The van der Waals surface area contributed by atoms with Crippen molar-refractivity contribution in [3.63, 3.8) is 0 Å². The van der Waals surface area contributed by atoms with Crippen LogP contribution in [-0.4, -0.2) is 18.7 Å². The maximum absolute atomic E-state index is 9.68. The summed E-state index contributed by atoms with van der Waals surface area (Å²) in [6, 6.07) is 7.68. The molecule has 0 saturated heterocycles. The number of hydrogen-bond donors (Lipinski definition) is 2. The standard InChI is InChI=1S/C10H12N2O/c1-12-6-8(11)10(13)7-4-2-3-5-9(7)12/h2-5,13H,6,11H2,1H3. The highest BCUT2D eigenvalue weighted by Crippen LogP contribution is 2.30. The van der Waals surface area contributed by atoms with Crippen LogP contribution in [0.3, 0.4) is 0 Å². The van der Waals surface area contributed by atoms with Crippen LogP contribution in [0.25, 0.3) is 5.76 Å². The summed E-state index contributed by atoms with van der Waals surface area (Å²) in [5.74, 6) is 0.216. The molecule has 0 spiro atoms. The number of benzene rings is 1. The molecule has 0 saturated carbocycles. The zero-order valence-corrected chi connectivity index (χ0v) is 7.49. The summed E-state index contributed by atoms with van der Waals surface area (Å²) in [4.78, 5) is 2.02. The van der Waals surface area contributed by atoms with E-state index in [0.717, 1.165) is 11.3 Å². The Balaban J connectivity index is 2.62. The zero-order chi connectivity index (χ0) is 9.42. The van der Waals surface area contributed by atoms with E-state index >= 15 is 0 Å². The van der Waals surface area contributed by atoms with Gasteiger partial charge in [-0.05, 0) is 12.1 Å². The van der Waals surface area contributed by atoms with Crippen LogP contribution >= 0.6 is 0 Å². The van der Waals surface area contributed by atoms with E-state index in [1.54, 1.807) is 0 Å². The Kier molecular flexibility index (Phi) is 1.65. The molecule has 1 heterocycles. The summed E-state index contributed by atoms with van der Waals surface area (Å²) in [6.45, 7) is 0.586. The van der Waals surface area contributed by atoms with E-state index in [2.05, 4.69) is 0 Å². The van der Waals surface area contributed by atoms with Gasteiger partial charge in [0.15, 0.2) is 0 Å². The van der Waals surface area contributed by atoms with Gasteiger partial charge in [0, 0.05) is 18.3 Å². The fourth-order valence-corrected chi connectivity index (χ4v) is 1.60. The van der Waals surface area contributed by atoms with Gasteiger partial charge < -0.3 is 15.7 Å². The van der Waals surface area contributed by atoms with Crippen molar-refractivity contribution in [3.8, 4) is 0 Å². The first-order valence-electron chi connectivity index (χ1n) is 4.18. The molecule has 2 rings (SSSR count). The first-order chi connectivity index (χ1) is 6.20. The molecular weight excluding hydrogens is 164 g/mol. The van der Waals surface area contributed by atoms with E-state index in [4.69, 9.17) is 5.73 Å². The smallest absolute Gasteiger partial charge is 0.145 e. The molecule has 0 amide bonds. The zero-order valence-electron chi connectivity index (χ0n) is 7.49. The summed E-state index contributed by atoms with van der Waals surface area (Å²) < 4.78 is 0. The van der Waals surface area contributed by atoms with Gasteiger partial charge in [0.05, 0.1) is 12.2 Å². The van der Waals surface area contributed by atoms with Crippen LogP contribution < -0.4 is 10.6 Å². The van der Waals surface area contributed by atoms with Crippen LogP contribution in [0.4, 0.5) is 5.69 Å². The molecule has 3 heteroatoms. The Morgan fingerprint density at radius 1 is 1.38 bits per heavy atom. The molecule has 3 N–H and O–H groups in total. The van der Waals surface area contributed by atoms with Crippen molar-refractivity contribution >= 4 is 11.4 Å². The number of fused-ring (bicyclic) bond motifs is 1. The molecule has 0 unspecified atom stereocenters. The molecule has 1 aromatic rings. The number of hydrogen-bond acceptors (Lipinski definition) is 3. The van der Waals surface area contributed by atoms with Crippen molar-refractivity contribution in [2.45, 2.75) is 0 Å².